The molecule has 366 valence electrons. The van der Waals surface area contributed by atoms with Crippen LogP contribution in [0.3, 0.4) is 0 Å². The Morgan fingerprint density at radius 2 is 1.68 bits per heavy atom. The molecule has 1 aromatic rings. The van der Waals surface area contributed by atoms with E-state index >= 15 is 0 Å². The maximum atomic E-state index is 14.7. The Morgan fingerprint density at radius 1 is 1.02 bits per heavy atom. The molecule has 2 saturated heterocycles. The maximum Gasteiger partial charge on any atom is 0.426 e. The standard InChI is InChI=1S/C43H64ClF4N7O10/c1-9-54(40(61)29(16-18-64-7)49-37(58)34-22-28(45)23-55(34)41(62)42(4,63)43(46,47)48)32-15-10-11-17-52(5)38(59)31(24-65-8)51-36(57)33(21-26-13-12-14-27(44)20-26)53(6)39(60)30(19-25(2)3)50-35(32)56/h12-14,20,25,28-34,63H,9-11,15-19,21-24H2,1-8H3,(H,49,58)(H,50,56)(H,51,57)/t28-,29+,30+,31-,32+,33+,34+,42-/m1/s1. The average molecular weight is 950 g/mol. The molecule has 2 aliphatic rings. The molecule has 22 heteroatoms. The van der Waals surface area contributed by atoms with Crippen LogP contribution < -0.4 is 16.0 Å². The number of nitrogens with one attached hydrogen (secondary N) is 3. The number of likely N-dealkylation sites (N-methyl/N-ethyl adjacent to an activating group) is 3. The predicted octanol–water partition coefficient (Wildman–Crippen LogP) is 2.00. The van der Waals surface area contributed by atoms with Crippen LogP contribution in [0.25, 0.3) is 0 Å². The van der Waals surface area contributed by atoms with E-state index in [9.17, 15) is 56.2 Å². The molecule has 0 aliphatic carbocycles. The number of aliphatic hydroxyl groups is 1. The quantitative estimate of drug-likeness (QED) is 0.188. The summed E-state index contributed by atoms with van der Waals surface area (Å²) in [6.45, 7) is 4.18. The van der Waals surface area contributed by atoms with E-state index in [0.717, 1.165) is 0 Å². The van der Waals surface area contributed by atoms with Gasteiger partial charge in [-0.25, -0.2) is 4.39 Å². The van der Waals surface area contributed by atoms with Gasteiger partial charge in [-0.15, -0.1) is 0 Å². The number of halogens is 5. The zero-order valence-corrected chi connectivity index (χ0v) is 39.0. The number of likely N-dealkylation sites (tertiary alicyclic amines) is 1. The Balaban J connectivity index is 2.07. The molecule has 1 aromatic carbocycles. The summed E-state index contributed by atoms with van der Waals surface area (Å²) in [7, 11) is 5.61. The second-order valence-electron chi connectivity index (χ2n) is 17.1. The van der Waals surface area contributed by atoms with E-state index in [0.29, 0.717) is 21.9 Å². The average Bonchev–Trinajstić information content (AvgIpc) is 3.63. The predicted molar refractivity (Wildman–Crippen MR) is 230 cm³/mol. The minimum absolute atomic E-state index is 0.00654. The van der Waals surface area contributed by atoms with E-state index < -0.39 is 109 Å². The summed E-state index contributed by atoms with van der Waals surface area (Å²) in [6, 6.07) is -1.55. The minimum atomic E-state index is -5.46. The van der Waals surface area contributed by atoms with Gasteiger partial charge in [0.15, 0.2) is 0 Å². The highest BCUT2D eigenvalue weighted by atomic mass is 35.5. The van der Waals surface area contributed by atoms with E-state index in [1.807, 2.05) is 13.8 Å². The molecule has 65 heavy (non-hydrogen) atoms. The third-order valence-corrected chi connectivity index (χ3v) is 11.8. The smallest absolute Gasteiger partial charge is 0.385 e. The number of hydrogen-bond acceptors (Lipinski definition) is 10. The number of amides is 7. The fourth-order valence-electron chi connectivity index (χ4n) is 7.90. The number of ether oxygens (including phenoxy) is 2. The van der Waals surface area contributed by atoms with E-state index in [-0.39, 0.29) is 71.2 Å². The number of carbonyl (C=O) groups excluding carboxylic acids is 7. The van der Waals surface area contributed by atoms with Gasteiger partial charge in [-0.2, -0.15) is 13.2 Å². The van der Waals surface area contributed by atoms with Crippen LogP contribution >= 0.6 is 11.6 Å². The third-order valence-electron chi connectivity index (χ3n) is 11.6. The number of rotatable bonds is 15. The van der Waals surface area contributed by atoms with Crippen molar-refractivity contribution in [1.29, 1.82) is 0 Å². The molecule has 17 nitrogen and oxygen atoms in total. The molecule has 3 rings (SSSR count). The first-order valence-electron chi connectivity index (χ1n) is 21.6. The van der Waals surface area contributed by atoms with Crippen LogP contribution in [0.5, 0.6) is 0 Å². The largest absolute Gasteiger partial charge is 0.426 e. The molecule has 0 aromatic heterocycles. The Morgan fingerprint density at radius 3 is 2.26 bits per heavy atom. The van der Waals surface area contributed by atoms with E-state index in [2.05, 4.69) is 16.0 Å². The molecule has 0 unspecified atom stereocenters. The first-order chi connectivity index (χ1) is 30.4. The molecule has 0 radical (unpaired) electrons. The van der Waals surface area contributed by atoms with Gasteiger partial charge in [0.25, 0.3) is 5.91 Å². The van der Waals surface area contributed by atoms with Crippen LogP contribution in [0.1, 0.15) is 71.8 Å². The summed E-state index contributed by atoms with van der Waals surface area (Å²) in [5.74, 6) is -6.70. The molecular weight excluding hydrogens is 886 g/mol. The molecular formula is C43H64ClF4N7O10. The number of carbonyl (C=O) groups is 7. The molecule has 2 fully saturated rings. The van der Waals surface area contributed by atoms with Crippen molar-refractivity contribution in [3.63, 3.8) is 0 Å². The van der Waals surface area contributed by atoms with Gasteiger partial charge in [0.2, 0.25) is 41.0 Å². The Hall–Kier alpha value is -4.60. The SMILES string of the molecule is CCN(C(=O)[C@H](CCOC)NC(=O)[C@@H]1C[C@@H](F)CN1C(=O)[C@@](C)(O)C(F)(F)F)[C@H]1CCCCN(C)C(=O)[C@@H](COC)NC(=O)[C@H](Cc2cccc(Cl)c2)N(C)C(=O)[C@H](CC(C)C)NC1=O. The van der Waals surface area contributed by atoms with E-state index in [4.69, 9.17) is 21.1 Å². The Kier molecular flexibility index (Phi) is 20.4. The summed E-state index contributed by atoms with van der Waals surface area (Å²) < 4.78 is 66.2. The molecule has 0 saturated carbocycles. The minimum Gasteiger partial charge on any atom is -0.385 e. The third kappa shape index (κ3) is 14.4. The fraction of sp³-hybridized carbons (Fsp3) is 0.698. The number of nitrogens with zero attached hydrogens (tertiary/aromatic N) is 4. The first-order valence-corrected chi connectivity index (χ1v) is 22.0. The van der Waals surface area contributed by atoms with Crippen LogP contribution in [0.15, 0.2) is 24.3 Å². The number of benzene rings is 1. The molecule has 0 spiro atoms. The van der Waals surface area contributed by atoms with Gasteiger partial charge in [-0.05, 0) is 69.6 Å². The van der Waals surface area contributed by atoms with Crippen molar-refractivity contribution < 1.29 is 65.7 Å². The molecule has 8 atom stereocenters. The van der Waals surface area contributed by atoms with Gasteiger partial charge in [0.1, 0.15) is 42.4 Å². The normalized spacial score (nSPS) is 24.6. The van der Waals surface area contributed by atoms with Crippen LogP contribution in [0.4, 0.5) is 17.6 Å². The molecule has 0 bridgehead atoms. The summed E-state index contributed by atoms with van der Waals surface area (Å²) in [5, 5.41) is 18.5. The highest BCUT2D eigenvalue weighted by Gasteiger charge is 2.59. The monoisotopic (exact) mass is 949 g/mol. The van der Waals surface area contributed by atoms with Crippen molar-refractivity contribution in [2.24, 2.45) is 5.92 Å². The molecule has 2 aliphatic heterocycles. The lowest BCUT2D eigenvalue weighted by Gasteiger charge is -2.37. The second-order valence-corrected chi connectivity index (χ2v) is 17.6. The number of hydrogen-bond donors (Lipinski definition) is 4. The van der Waals surface area contributed by atoms with Gasteiger partial charge >= 0.3 is 6.18 Å². The first kappa shape index (κ1) is 54.7. The molecule has 4 N–H and O–H groups in total. The van der Waals surface area contributed by atoms with Crippen molar-refractivity contribution >= 4 is 53.0 Å². The summed E-state index contributed by atoms with van der Waals surface area (Å²) in [4.78, 5) is 102. The lowest BCUT2D eigenvalue weighted by atomic mass is 9.98. The Labute approximate surface area is 382 Å². The summed E-state index contributed by atoms with van der Waals surface area (Å²) >= 11 is 6.27. The van der Waals surface area contributed by atoms with Gasteiger partial charge in [0.05, 0.1) is 13.2 Å². The summed E-state index contributed by atoms with van der Waals surface area (Å²) in [6.07, 6.45) is -7.71. The van der Waals surface area contributed by atoms with Crippen molar-refractivity contribution in [1.82, 2.24) is 35.6 Å². The Bertz CT molecular complexity index is 1840. The van der Waals surface area contributed by atoms with Crippen LogP contribution in [0.2, 0.25) is 5.02 Å². The van der Waals surface area contributed by atoms with Crippen LogP contribution in [-0.4, -0.2) is 181 Å². The topological polar surface area (TPSA) is 207 Å². The van der Waals surface area contributed by atoms with Gasteiger partial charge in [-0.3, -0.25) is 33.6 Å². The van der Waals surface area contributed by atoms with Crippen LogP contribution in [-0.2, 0) is 49.5 Å². The van der Waals surface area contributed by atoms with Crippen molar-refractivity contribution in [2.45, 2.75) is 127 Å². The highest BCUT2D eigenvalue weighted by molar-refractivity contribution is 6.30. The van der Waals surface area contributed by atoms with Crippen LogP contribution in [0, 0.1) is 5.92 Å². The van der Waals surface area contributed by atoms with Crippen molar-refractivity contribution in [3.05, 3.63) is 34.9 Å². The maximum absolute atomic E-state index is 14.7. The summed E-state index contributed by atoms with van der Waals surface area (Å²) in [5.41, 5.74) is -3.35. The molecule has 7 amide bonds. The van der Waals surface area contributed by atoms with Gasteiger partial charge < -0.3 is 50.1 Å². The van der Waals surface area contributed by atoms with Crippen molar-refractivity contribution in [2.75, 3.05) is 61.2 Å². The lowest BCUT2D eigenvalue weighted by Crippen LogP contribution is -2.62. The highest BCUT2D eigenvalue weighted by Crippen LogP contribution is 2.34. The van der Waals surface area contributed by atoms with Crippen molar-refractivity contribution in [3.8, 4) is 0 Å². The molecule has 2 heterocycles. The van der Waals surface area contributed by atoms with Gasteiger partial charge in [0, 0.05) is 65.9 Å². The fourth-order valence-corrected chi connectivity index (χ4v) is 8.12. The zero-order chi connectivity index (χ0) is 49.0. The number of methoxy groups -OCH3 is 2. The lowest BCUT2D eigenvalue weighted by molar-refractivity contribution is -0.250. The van der Waals surface area contributed by atoms with Gasteiger partial charge in [-0.1, -0.05) is 37.6 Å². The van der Waals surface area contributed by atoms with E-state index in [1.54, 1.807) is 31.2 Å². The zero-order valence-electron chi connectivity index (χ0n) is 38.2. The second kappa shape index (κ2) is 24.3. The number of alkyl halides is 4. The van der Waals surface area contributed by atoms with E-state index in [1.165, 1.54) is 43.0 Å².